The van der Waals surface area contributed by atoms with Crippen LogP contribution in [0.15, 0.2) is 22.7 Å². The van der Waals surface area contributed by atoms with Gasteiger partial charge in [-0.15, -0.1) is 50.9 Å². The minimum absolute atomic E-state index is 0. The molecule has 0 spiro atoms. The van der Waals surface area contributed by atoms with Gasteiger partial charge in [-0.25, -0.2) is 0 Å². The van der Waals surface area contributed by atoms with E-state index in [1.807, 2.05) is 6.07 Å². The number of aromatic hydroxyl groups is 3. The summed E-state index contributed by atoms with van der Waals surface area (Å²) >= 11 is 0. The summed E-state index contributed by atoms with van der Waals surface area (Å²) in [5.41, 5.74) is 2.11. The van der Waals surface area contributed by atoms with Gasteiger partial charge in [-0.2, -0.15) is 0 Å². The molecule has 196 valence electrons. The maximum Gasteiger partial charge on any atom is 0.251 e. The van der Waals surface area contributed by atoms with Crippen LogP contribution in [0.1, 0.15) is 62.3 Å². The number of benzene rings is 1. The third kappa shape index (κ3) is 10.0. The molecule has 1 atom stereocenters. The fourth-order valence-electron chi connectivity index (χ4n) is 4.55. The third-order valence-corrected chi connectivity index (χ3v) is 6.21. The second kappa shape index (κ2) is 17.6. The molecule has 0 unspecified atom stereocenters. The Morgan fingerprint density at radius 2 is 1.79 bits per heavy atom. The van der Waals surface area contributed by atoms with Gasteiger partial charge in [0.25, 0.3) is 5.88 Å². The first-order chi connectivity index (χ1) is 15.1. The normalized spacial score (nSPS) is 14.6. The van der Waals surface area contributed by atoms with Crippen molar-refractivity contribution >= 4 is 50.9 Å². The predicted molar refractivity (Wildman–Crippen MR) is 152 cm³/mol. The van der Waals surface area contributed by atoms with Crippen molar-refractivity contribution in [2.24, 2.45) is 0 Å². The average molecular weight is 674 g/mol. The summed E-state index contributed by atoms with van der Waals surface area (Å²) < 4.78 is 4.98. The molecule has 0 saturated carbocycles. The van der Waals surface area contributed by atoms with Gasteiger partial charge in [0.05, 0.1) is 0 Å². The Kier molecular flexibility index (Phi) is 17.2. The number of nitrogens with zero attached hydrogens (tertiary/aromatic N) is 2. The molecule has 2 aromatic rings. The van der Waals surface area contributed by atoms with E-state index in [9.17, 15) is 10.2 Å². The molecule has 7 nitrogen and oxygen atoms in total. The first-order valence-electron chi connectivity index (χ1n) is 11.7. The van der Waals surface area contributed by atoms with E-state index >= 15 is 0 Å². The first-order valence-corrected chi connectivity index (χ1v) is 11.7. The van der Waals surface area contributed by atoms with Gasteiger partial charge in [0.1, 0.15) is 5.76 Å². The van der Waals surface area contributed by atoms with Gasteiger partial charge in [-0.3, -0.25) is 0 Å². The van der Waals surface area contributed by atoms with E-state index in [2.05, 4.69) is 22.3 Å². The van der Waals surface area contributed by atoms with E-state index in [0.717, 1.165) is 70.3 Å². The summed E-state index contributed by atoms with van der Waals surface area (Å²) in [7, 11) is 0. The Morgan fingerprint density at radius 1 is 1.03 bits per heavy atom. The lowest BCUT2D eigenvalue weighted by molar-refractivity contribution is 0.175. The van der Waals surface area contributed by atoms with E-state index in [1.54, 1.807) is 12.1 Å². The lowest BCUT2D eigenvalue weighted by atomic mass is 9.86. The number of unbranched alkanes of at least 4 members (excludes halogenated alkanes) is 3. The van der Waals surface area contributed by atoms with Gasteiger partial charge in [0.15, 0.2) is 11.5 Å². The zero-order valence-corrected chi connectivity index (χ0v) is 25.0. The summed E-state index contributed by atoms with van der Waals surface area (Å²) in [6.07, 6.45) is 9.54. The van der Waals surface area contributed by atoms with Crippen LogP contribution in [0.5, 0.6) is 17.4 Å². The molecule has 1 aliphatic rings. The van der Waals surface area contributed by atoms with Crippen molar-refractivity contribution in [2.75, 3.05) is 26.2 Å². The second-order valence-electron chi connectivity index (χ2n) is 8.57. The van der Waals surface area contributed by atoms with Crippen LogP contribution in [0, 0.1) is 0 Å². The zero-order valence-electron chi connectivity index (χ0n) is 19.9. The molecule has 4 N–H and O–H groups in total. The maximum absolute atomic E-state index is 10.1. The fraction of sp³-hybridized carbons (Fsp3) is 0.625. The fourth-order valence-corrected chi connectivity index (χ4v) is 4.55. The molecule has 10 heteroatoms. The van der Waals surface area contributed by atoms with Crippen LogP contribution in [-0.4, -0.2) is 57.6 Å². The molecule has 0 fully saturated rings. The minimum atomic E-state index is -0.0537. The van der Waals surface area contributed by atoms with Gasteiger partial charge in [-0.05, 0) is 74.9 Å². The molecule has 0 amide bonds. The Labute approximate surface area is 234 Å². The van der Waals surface area contributed by atoms with Gasteiger partial charge < -0.3 is 30.1 Å². The summed E-state index contributed by atoms with van der Waals surface area (Å²) in [4.78, 5) is 2.62. The number of hydrogen-bond donors (Lipinski definition) is 4. The Morgan fingerprint density at radius 3 is 2.50 bits per heavy atom. The molecule has 3 rings (SSSR count). The zero-order chi connectivity index (χ0) is 22.1. The molecule has 1 heterocycles. The number of nitrogens with one attached hydrogen (secondary N) is 1. The van der Waals surface area contributed by atoms with E-state index in [4.69, 9.17) is 9.63 Å². The van der Waals surface area contributed by atoms with E-state index < -0.39 is 0 Å². The van der Waals surface area contributed by atoms with Gasteiger partial charge in [0, 0.05) is 30.6 Å². The number of phenolic OH excluding ortho intramolecular Hbond substituents is 2. The summed E-state index contributed by atoms with van der Waals surface area (Å²) in [5, 5.41) is 35.9. The van der Waals surface area contributed by atoms with Crippen molar-refractivity contribution < 1.29 is 19.8 Å². The van der Waals surface area contributed by atoms with Crippen LogP contribution in [0.4, 0.5) is 0 Å². The first kappa shape index (κ1) is 33.2. The molecular formula is C24H40Br3N3O4. The Bertz CT molecular complexity index is 823. The van der Waals surface area contributed by atoms with Crippen molar-refractivity contribution in [1.82, 2.24) is 15.4 Å². The highest BCUT2D eigenvalue weighted by Crippen LogP contribution is 2.36. The highest BCUT2D eigenvalue weighted by molar-refractivity contribution is 8.93. The molecule has 0 radical (unpaired) electrons. The number of phenols is 2. The molecule has 0 aliphatic heterocycles. The lowest BCUT2D eigenvalue weighted by Gasteiger charge is -2.35. The standard InChI is InChI=1S/C24H37N3O4.3BrH/c1-2-14-27(19-8-9-21-18(16-19)7-10-22(28)24(21)30)15-6-4-3-5-12-25-13-11-20-17-23(29)26-31-20;;;/h7,10,17,19,25,28,30H,2-6,8-9,11-16H2,1H3,(H,26,29);3*1H/t19-;;;/m0.../s1. The van der Waals surface area contributed by atoms with Crippen molar-refractivity contribution in [3.63, 3.8) is 0 Å². The van der Waals surface area contributed by atoms with Crippen LogP contribution >= 0.6 is 50.9 Å². The van der Waals surface area contributed by atoms with E-state index in [1.165, 1.54) is 24.8 Å². The average Bonchev–Trinajstić information content (AvgIpc) is 3.19. The number of rotatable bonds is 13. The van der Waals surface area contributed by atoms with Crippen LogP contribution in [0.3, 0.4) is 0 Å². The molecule has 1 aromatic heterocycles. The van der Waals surface area contributed by atoms with Crippen LogP contribution in [0.2, 0.25) is 0 Å². The molecule has 34 heavy (non-hydrogen) atoms. The van der Waals surface area contributed by atoms with Crippen molar-refractivity contribution in [3.8, 4) is 17.4 Å². The minimum Gasteiger partial charge on any atom is -0.504 e. The number of fused-ring (bicyclic) bond motifs is 1. The van der Waals surface area contributed by atoms with Crippen molar-refractivity contribution in [2.45, 2.75) is 70.8 Å². The number of aromatic nitrogens is 1. The highest BCUT2D eigenvalue weighted by atomic mass is 79.9. The number of hydrogen-bond acceptors (Lipinski definition) is 7. The SMILES string of the molecule is Br.Br.Br.CCCN(CCCCCCNCCc1cc(O)no1)[C@H]1CCc2c(ccc(O)c2O)C1. The summed E-state index contributed by atoms with van der Waals surface area (Å²) in [6, 6.07) is 5.66. The molecule has 0 bridgehead atoms. The summed E-state index contributed by atoms with van der Waals surface area (Å²) in [5.74, 6) is 0.723. The molecule has 1 aliphatic carbocycles. The van der Waals surface area contributed by atoms with E-state index in [-0.39, 0.29) is 68.3 Å². The smallest absolute Gasteiger partial charge is 0.251 e. The molecular weight excluding hydrogens is 634 g/mol. The van der Waals surface area contributed by atoms with Crippen LogP contribution in [0.25, 0.3) is 0 Å². The predicted octanol–water partition coefficient (Wildman–Crippen LogP) is 5.49. The maximum atomic E-state index is 10.1. The topological polar surface area (TPSA) is 102 Å². The largest absolute Gasteiger partial charge is 0.504 e. The van der Waals surface area contributed by atoms with E-state index in [0.29, 0.717) is 11.8 Å². The van der Waals surface area contributed by atoms with Crippen molar-refractivity contribution in [1.29, 1.82) is 0 Å². The van der Waals surface area contributed by atoms with Gasteiger partial charge in [-0.1, -0.05) is 25.8 Å². The quantitative estimate of drug-likeness (QED) is 0.165. The second-order valence-corrected chi connectivity index (χ2v) is 8.57. The summed E-state index contributed by atoms with van der Waals surface area (Å²) in [6.45, 7) is 6.30. The monoisotopic (exact) mass is 671 g/mol. The van der Waals surface area contributed by atoms with Crippen molar-refractivity contribution in [3.05, 3.63) is 35.1 Å². The highest BCUT2D eigenvalue weighted by Gasteiger charge is 2.26. The van der Waals surface area contributed by atoms with Gasteiger partial charge in [0.2, 0.25) is 0 Å². The molecule has 1 aromatic carbocycles. The third-order valence-electron chi connectivity index (χ3n) is 6.21. The van der Waals surface area contributed by atoms with Crippen LogP contribution in [-0.2, 0) is 19.3 Å². The Hall–Kier alpha value is -0.810. The molecule has 0 saturated heterocycles. The lowest BCUT2D eigenvalue weighted by Crippen LogP contribution is -2.40. The van der Waals surface area contributed by atoms with Crippen LogP contribution < -0.4 is 5.32 Å². The van der Waals surface area contributed by atoms with Gasteiger partial charge >= 0.3 is 0 Å². The Balaban J connectivity index is 0.00000363. The number of halogens is 3.